The van der Waals surface area contributed by atoms with Crippen molar-refractivity contribution in [2.75, 3.05) is 6.61 Å². The van der Waals surface area contributed by atoms with Crippen LogP contribution in [0, 0.1) is 16.7 Å². The lowest BCUT2D eigenvalue weighted by Crippen LogP contribution is -2.79. The molecule has 9 unspecified atom stereocenters. The molecule has 2 saturated heterocycles. The van der Waals surface area contributed by atoms with E-state index in [4.69, 9.17) is 28.1 Å². The zero-order valence-electron chi connectivity index (χ0n) is 29.9. The maximum atomic E-state index is 14.2. The highest BCUT2D eigenvalue weighted by Gasteiger charge is 2.77. The fourth-order valence-corrected chi connectivity index (χ4v) is 12.9. The molecule has 1 N–H and O–H groups in total. The summed E-state index contributed by atoms with van der Waals surface area (Å²) in [6.45, 7) is 20.3. The van der Waals surface area contributed by atoms with Crippen molar-refractivity contribution in [3.05, 3.63) is 59.7 Å². The normalized spacial score (nSPS) is 39.9. The molecule has 0 amide bonds. The second kappa shape index (κ2) is 12.5. The van der Waals surface area contributed by atoms with Crippen molar-refractivity contribution in [1.29, 1.82) is 0 Å². The lowest BCUT2D eigenvalue weighted by atomic mass is 9.45. The summed E-state index contributed by atoms with van der Waals surface area (Å²) in [6, 6.07) is 11.7. The highest BCUT2D eigenvalue weighted by Crippen LogP contribution is 2.66. The van der Waals surface area contributed by atoms with Crippen molar-refractivity contribution < 1.29 is 42.8 Å². The van der Waals surface area contributed by atoms with Gasteiger partial charge in [0.2, 0.25) is 0 Å². The fourth-order valence-electron chi connectivity index (χ4n) is 10.1. The van der Waals surface area contributed by atoms with Crippen LogP contribution < -0.4 is 0 Å². The monoisotopic (exact) mass is 682 g/mol. The molecule has 10 heteroatoms. The Labute approximate surface area is 286 Å². The van der Waals surface area contributed by atoms with Gasteiger partial charge in [-0.1, -0.05) is 66.3 Å². The molecule has 3 aliphatic carbocycles. The van der Waals surface area contributed by atoms with Gasteiger partial charge in [0.05, 0.1) is 30.3 Å². The van der Waals surface area contributed by atoms with Crippen LogP contribution in [0.3, 0.4) is 0 Å². The molecule has 2 bridgehead atoms. The number of carbonyl (C=O) groups is 2. The van der Waals surface area contributed by atoms with Gasteiger partial charge in [-0.15, -0.1) is 0 Å². The zero-order valence-corrected chi connectivity index (χ0v) is 30.9. The van der Waals surface area contributed by atoms with Crippen LogP contribution in [0.1, 0.15) is 85.0 Å². The van der Waals surface area contributed by atoms with Gasteiger partial charge in [0.15, 0.2) is 20.2 Å². The predicted molar refractivity (Wildman–Crippen MR) is 183 cm³/mol. The Morgan fingerprint density at radius 3 is 2.31 bits per heavy atom. The molecule has 2 aliphatic heterocycles. The Kier molecular flexibility index (Phi) is 9.21. The van der Waals surface area contributed by atoms with Crippen molar-refractivity contribution >= 4 is 20.3 Å². The van der Waals surface area contributed by atoms with E-state index in [0.29, 0.717) is 18.4 Å². The zero-order chi connectivity index (χ0) is 34.9. The van der Waals surface area contributed by atoms with E-state index in [1.807, 2.05) is 19.9 Å². The molecule has 10 atom stereocenters. The summed E-state index contributed by atoms with van der Waals surface area (Å²) < 4.78 is 39.9. The lowest BCUT2D eigenvalue weighted by molar-refractivity contribution is -0.345. The molecule has 264 valence electrons. The van der Waals surface area contributed by atoms with Crippen LogP contribution in [0.2, 0.25) is 18.1 Å². The first-order chi connectivity index (χ1) is 22.7. The van der Waals surface area contributed by atoms with Crippen molar-refractivity contribution in [2.45, 2.75) is 141 Å². The number of esters is 2. The predicted octanol–water partition coefficient (Wildman–Crippen LogP) is 6.51. The Balaban J connectivity index is 1.63. The van der Waals surface area contributed by atoms with Crippen LogP contribution in [0.5, 0.6) is 0 Å². The van der Waals surface area contributed by atoms with Gasteiger partial charge in [-0.25, -0.2) is 4.79 Å². The number of ether oxygens (including phenoxy) is 5. The summed E-state index contributed by atoms with van der Waals surface area (Å²) in [4.78, 5) is 27.1. The summed E-state index contributed by atoms with van der Waals surface area (Å²) in [5, 5.41) is 13.7. The van der Waals surface area contributed by atoms with Crippen molar-refractivity contribution in [3.8, 4) is 0 Å². The van der Waals surface area contributed by atoms with Crippen LogP contribution in [0.25, 0.3) is 0 Å². The van der Waals surface area contributed by atoms with E-state index in [1.165, 1.54) is 6.92 Å². The Bertz CT molecular complexity index is 1450. The summed E-state index contributed by atoms with van der Waals surface area (Å²) in [5.41, 5.74) is -2.27. The van der Waals surface area contributed by atoms with E-state index in [9.17, 15) is 14.7 Å². The van der Waals surface area contributed by atoms with Crippen molar-refractivity contribution in [1.82, 2.24) is 0 Å². The minimum Gasteiger partial charge on any atom is -0.455 e. The number of fused-ring (bicyclic) bond motifs is 8. The highest BCUT2D eigenvalue weighted by molar-refractivity contribution is 6.73. The van der Waals surface area contributed by atoms with Gasteiger partial charge in [0, 0.05) is 24.2 Å². The van der Waals surface area contributed by atoms with Crippen LogP contribution >= 0.6 is 0 Å². The van der Waals surface area contributed by atoms with E-state index in [2.05, 4.69) is 41.2 Å². The average Bonchev–Trinajstić information content (AvgIpc) is 3.48. The maximum Gasteiger partial charge on any atom is 0.338 e. The average molecular weight is 683 g/mol. The number of benzene rings is 1. The molecule has 0 spiro atoms. The van der Waals surface area contributed by atoms with E-state index in [1.54, 1.807) is 30.3 Å². The standard InChI is InChI=1S/C38H54O9Si/c1-10-28-43-30-29-23(5)26(47-48(11-2,12-3)13-4)21-38(41,35(29,7)8)33(45-34(40)25-17-15-14-16-18-25)31-36(9,32(30)44-28)20-19-27-37(31,22-42-27)46-24(6)39/h10,14-18,26-28,30-33,41H,1,11-13,19-22H2,2-9H3/t26?,27?,28?,30?,31?,32?,33?,36-,37?,38?/m1/s1. The summed E-state index contributed by atoms with van der Waals surface area (Å²) in [5.74, 6) is -1.71. The Morgan fingerprint density at radius 2 is 1.75 bits per heavy atom. The van der Waals surface area contributed by atoms with Crippen LogP contribution in [0.15, 0.2) is 54.1 Å². The maximum absolute atomic E-state index is 14.2. The molecular formula is C38H54O9Si. The van der Waals surface area contributed by atoms with Crippen LogP contribution in [-0.2, 0) is 32.9 Å². The third-order valence-corrected chi connectivity index (χ3v) is 17.7. The molecule has 2 heterocycles. The molecule has 0 radical (unpaired) electrons. The van der Waals surface area contributed by atoms with E-state index < -0.39 is 85.0 Å². The quantitative estimate of drug-likeness (QED) is 0.177. The number of hydrogen-bond acceptors (Lipinski definition) is 9. The van der Waals surface area contributed by atoms with Crippen LogP contribution in [0.4, 0.5) is 0 Å². The van der Waals surface area contributed by atoms with E-state index in [-0.39, 0.29) is 13.0 Å². The van der Waals surface area contributed by atoms with Gasteiger partial charge in [0.1, 0.15) is 23.9 Å². The second-order valence-electron chi connectivity index (χ2n) is 15.5. The van der Waals surface area contributed by atoms with Crippen LogP contribution in [-0.4, -0.2) is 80.0 Å². The molecule has 48 heavy (non-hydrogen) atoms. The second-order valence-corrected chi connectivity index (χ2v) is 20.2. The third kappa shape index (κ3) is 5.11. The first-order valence-corrected chi connectivity index (χ1v) is 20.3. The summed E-state index contributed by atoms with van der Waals surface area (Å²) >= 11 is 0. The molecule has 4 fully saturated rings. The Hall–Kier alpha value is -2.34. The van der Waals surface area contributed by atoms with E-state index in [0.717, 1.165) is 29.3 Å². The van der Waals surface area contributed by atoms with E-state index >= 15 is 0 Å². The van der Waals surface area contributed by atoms with Gasteiger partial charge in [-0.3, -0.25) is 4.79 Å². The first kappa shape index (κ1) is 35.5. The SMILES string of the molecule is C=CC1OC2C3=C(C)C(O[Si](CC)(CC)CC)CC(O)(C(OC(=O)c4ccccc4)C4C5(OC(C)=O)COC5CC[C@@]4(C)C2O1)C3(C)C. The first-order valence-electron chi connectivity index (χ1n) is 17.8. The van der Waals surface area contributed by atoms with Gasteiger partial charge in [-0.05, 0) is 67.3 Å². The summed E-state index contributed by atoms with van der Waals surface area (Å²) in [6.07, 6.45) is -0.691. The number of carbonyl (C=O) groups excluding carboxylic acids is 2. The lowest BCUT2D eigenvalue weighted by Gasteiger charge is -2.68. The minimum atomic E-state index is -2.19. The molecule has 1 aromatic rings. The topological polar surface area (TPSA) is 110 Å². The van der Waals surface area contributed by atoms with Gasteiger partial charge >= 0.3 is 11.9 Å². The van der Waals surface area contributed by atoms with Crippen molar-refractivity contribution in [2.24, 2.45) is 16.7 Å². The Morgan fingerprint density at radius 1 is 1.08 bits per heavy atom. The minimum absolute atomic E-state index is 0.121. The molecule has 2 saturated carbocycles. The fraction of sp³-hybridized carbons (Fsp3) is 0.684. The number of hydrogen-bond donors (Lipinski definition) is 1. The summed E-state index contributed by atoms with van der Waals surface area (Å²) in [7, 11) is -2.19. The van der Waals surface area contributed by atoms with Gasteiger partial charge in [-0.2, -0.15) is 0 Å². The van der Waals surface area contributed by atoms with Crippen molar-refractivity contribution in [3.63, 3.8) is 0 Å². The molecule has 1 aromatic carbocycles. The molecule has 6 rings (SSSR count). The van der Waals surface area contributed by atoms with Gasteiger partial charge in [0.25, 0.3) is 0 Å². The smallest absolute Gasteiger partial charge is 0.338 e. The molecule has 0 aromatic heterocycles. The number of rotatable bonds is 9. The third-order valence-electron chi connectivity index (χ3n) is 13.0. The molecule has 5 aliphatic rings. The van der Waals surface area contributed by atoms with Gasteiger partial charge < -0.3 is 33.2 Å². The largest absolute Gasteiger partial charge is 0.455 e. The molecular weight excluding hydrogens is 628 g/mol. The number of aliphatic hydroxyl groups is 1. The molecule has 9 nitrogen and oxygen atoms in total. The highest BCUT2D eigenvalue weighted by atomic mass is 28.4.